The normalized spacial score (nSPS) is 38.2. The number of carbonyl (C=O) groups is 1. The Balaban J connectivity index is 1.22. The summed E-state index contributed by atoms with van der Waals surface area (Å²) in [7, 11) is 3.31. The van der Waals surface area contributed by atoms with Gasteiger partial charge in [-0.05, 0) is 104 Å². The molecule has 0 radical (unpaired) electrons. The van der Waals surface area contributed by atoms with Crippen molar-refractivity contribution in [2.75, 3.05) is 20.8 Å². The quantitative estimate of drug-likeness (QED) is 0.415. The molecule has 39 heavy (non-hydrogen) atoms. The van der Waals surface area contributed by atoms with E-state index < -0.39 is 12.1 Å². The molecule has 8 atom stereocenters. The molecule has 6 rings (SSSR count). The smallest absolute Gasteiger partial charge is 0.391 e. The Labute approximate surface area is 228 Å². The number of halogens is 3. The Morgan fingerprint density at radius 2 is 1.90 bits per heavy atom. The molecule has 0 saturated heterocycles. The summed E-state index contributed by atoms with van der Waals surface area (Å²) in [6, 6.07) is 5.56. The Hall–Kier alpha value is -2.16. The minimum absolute atomic E-state index is 0.0367. The van der Waals surface area contributed by atoms with Crippen LogP contribution in [0.3, 0.4) is 0 Å². The first-order valence-electron chi connectivity index (χ1n) is 14.6. The highest BCUT2D eigenvalue weighted by Gasteiger charge is 2.63. The summed E-state index contributed by atoms with van der Waals surface area (Å²) in [5.74, 6) is 1.02. The summed E-state index contributed by atoms with van der Waals surface area (Å²) in [4.78, 5) is 13.8. The molecule has 4 aliphatic rings. The standard InChI is InChI=1S/C30H40F3N3O3/c1-28-12-11-23-21(6-4-18-14-19(30(31,32)33)10-13-29(18,23)17-38-2)22(28)7-8-24(28)27(37)16-36-26-15-20(39-3)5-9-25(26)34-35-36/h5,9,15,18-19,21-24H,4,6-8,10-14,16-17H2,1-3H3/t18-,19+,21+,22+,23+,24-,28+,29-/m1/s1. The summed E-state index contributed by atoms with van der Waals surface area (Å²) >= 11 is 0. The van der Waals surface area contributed by atoms with Gasteiger partial charge in [-0.15, -0.1) is 5.10 Å². The van der Waals surface area contributed by atoms with Crippen LogP contribution in [-0.2, 0) is 16.1 Å². The summed E-state index contributed by atoms with van der Waals surface area (Å²) in [5, 5.41) is 8.50. The molecule has 0 aliphatic heterocycles. The fraction of sp³-hybridized carbons (Fsp3) is 0.767. The highest BCUT2D eigenvalue weighted by molar-refractivity contribution is 5.84. The topological polar surface area (TPSA) is 66.2 Å². The maximum Gasteiger partial charge on any atom is 0.391 e. The van der Waals surface area contributed by atoms with E-state index in [1.807, 2.05) is 18.2 Å². The molecule has 1 aromatic carbocycles. The maximum absolute atomic E-state index is 13.8. The van der Waals surface area contributed by atoms with E-state index in [0.717, 1.165) is 49.6 Å². The predicted octanol–water partition coefficient (Wildman–Crippen LogP) is 6.47. The lowest BCUT2D eigenvalue weighted by molar-refractivity contribution is -0.217. The van der Waals surface area contributed by atoms with Crippen molar-refractivity contribution in [3.63, 3.8) is 0 Å². The fourth-order valence-corrected chi connectivity index (χ4v) is 9.87. The van der Waals surface area contributed by atoms with Crippen molar-refractivity contribution in [3.05, 3.63) is 18.2 Å². The van der Waals surface area contributed by atoms with E-state index in [-0.39, 0.29) is 47.8 Å². The van der Waals surface area contributed by atoms with E-state index in [4.69, 9.17) is 9.47 Å². The Morgan fingerprint density at radius 3 is 2.64 bits per heavy atom. The van der Waals surface area contributed by atoms with Gasteiger partial charge in [0.05, 0.1) is 25.2 Å². The maximum atomic E-state index is 13.8. The third kappa shape index (κ3) is 4.29. The van der Waals surface area contributed by atoms with Gasteiger partial charge in [-0.2, -0.15) is 13.2 Å². The molecule has 6 nitrogen and oxygen atoms in total. The molecule has 4 saturated carbocycles. The molecule has 0 unspecified atom stereocenters. The van der Waals surface area contributed by atoms with Crippen molar-refractivity contribution in [2.24, 2.45) is 46.3 Å². The van der Waals surface area contributed by atoms with Crippen molar-refractivity contribution in [3.8, 4) is 5.75 Å². The summed E-state index contributed by atoms with van der Waals surface area (Å²) in [6.45, 7) is 3.05. The van der Waals surface area contributed by atoms with E-state index in [1.54, 1.807) is 18.9 Å². The molecule has 0 bridgehead atoms. The Bertz CT molecular complexity index is 1230. The summed E-state index contributed by atoms with van der Waals surface area (Å²) in [5.41, 5.74) is 1.28. The second-order valence-corrected chi connectivity index (χ2v) is 13.1. The van der Waals surface area contributed by atoms with Crippen LogP contribution in [0.2, 0.25) is 0 Å². The minimum atomic E-state index is -4.11. The summed E-state index contributed by atoms with van der Waals surface area (Å²) in [6.07, 6.45) is 2.57. The lowest BCUT2D eigenvalue weighted by Crippen LogP contribution is -2.57. The number of aromatic nitrogens is 3. The Morgan fingerprint density at radius 1 is 1.08 bits per heavy atom. The first-order valence-corrected chi connectivity index (χ1v) is 14.6. The molecule has 0 spiro atoms. The monoisotopic (exact) mass is 547 g/mol. The third-order valence-electron chi connectivity index (χ3n) is 11.7. The van der Waals surface area contributed by atoms with Gasteiger partial charge >= 0.3 is 6.18 Å². The summed E-state index contributed by atoms with van der Waals surface area (Å²) < 4.78 is 53.8. The highest BCUT2D eigenvalue weighted by atomic mass is 19.4. The number of ketones is 1. The van der Waals surface area contributed by atoms with Gasteiger partial charge in [0.2, 0.25) is 0 Å². The number of rotatable bonds is 6. The van der Waals surface area contributed by atoms with Crippen molar-refractivity contribution >= 4 is 16.8 Å². The van der Waals surface area contributed by atoms with Gasteiger partial charge in [0.1, 0.15) is 17.8 Å². The van der Waals surface area contributed by atoms with Crippen molar-refractivity contribution in [1.29, 1.82) is 0 Å². The average molecular weight is 548 g/mol. The largest absolute Gasteiger partial charge is 0.497 e. The van der Waals surface area contributed by atoms with Gasteiger partial charge in [0.15, 0.2) is 5.78 Å². The van der Waals surface area contributed by atoms with Gasteiger partial charge in [0, 0.05) is 19.1 Å². The van der Waals surface area contributed by atoms with E-state index in [2.05, 4.69) is 17.2 Å². The Kier molecular flexibility index (Phi) is 6.75. The van der Waals surface area contributed by atoms with Gasteiger partial charge in [-0.25, -0.2) is 4.68 Å². The molecule has 214 valence electrons. The number of benzene rings is 1. The molecular formula is C30H40F3N3O3. The zero-order valence-electron chi connectivity index (χ0n) is 23.2. The van der Waals surface area contributed by atoms with Gasteiger partial charge in [-0.1, -0.05) is 12.1 Å². The second kappa shape index (κ2) is 9.74. The molecule has 4 aliphatic carbocycles. The number of ether oxygens (including phenoxy) is 2. The molecule has 1 heterocycles. The first kappa shape index (κ1) is 27.0. The molecule has 4 fully saturated rings. The molecule has 2 aromatic rings. The lowest BCUT2D eigenvalue weighted by Gasteiger charge is -2.62. The van der Waals surface area contributed by atoms with Crippen molar-refractivity contribution in [2.45, 2.75) is 77.4 Å². The third-order valence-corrected chi connectivity index (χ3v) is 11.7. The highest BCUT2D eigenvalue weighted by Crippen LogP contribution is 2.68. The lowest BCUT2D eigenvalue weighted by atomic mass is 9.43. The number of carbonyl (C=O) groups excluding carboxylic acids is 1. The van der Waals surface area contributed by atoms with Crippen LogP contribution in [0.4, 0.5) is 13.2 Å². The zero-order chi connectivity index (χ0) is 27.6. The van der Waals surface area contributed by atoms with Crippen LogP contribution in [0.1, 0.15) is 64.7 Å². The predicted molar refractivity (Wildman–Crippen MR) is 140 cm³/mol. The van der Waals surface area contributed by atoms with Gasteiger partial charge in [-0.3, -0.25) is 4.79 Å². The number of Topliss-reactive ketones (excluding diaryl/α,β-unsaturated/α-hetero) is 1. The number of hydrogen-bond acceptors (Lipinski definition) is 5. The van der Waals surface area contributed by atoms with E-state index in [9.17, 15) is 18.0 Å². The van der Waals surface area contributed by atoms with Crippen LogP contribution >= 0.6 is 0 Å². The minimum Gasteiger partial charge on any atom is -0.497 e. The SMILES string of the molecule is COC[C@]12CC[C@H](C(F)(F)F)C[C@H]1CC[C@H]1[C@@H]3CC[C@H](C(=O)Cn4nnc5ccc(OC)cc54)[C@@]3(C)CC[C@@H]12. The van der Waals surface area contributed by atoms with Crippen molar-refractivity contribution < 1.29 is 27.4 Å². The molecule has 9 heteroatoms. The van der Waals surface area contributed by atoms with Crippen LogP contribution in [0.15, 0.2) is 18.2 Å². The van der Waals surface area contributed by atoms with Crippen LogP contribution in [-0.4, -0.2) is 47.8 Å². The van der Waals surface area contributed by atoms with Crippen molar-refractivity contribution in [1.82, 2.24) is 15.0 Å². The van der Waals surface area contributed by atoms with E-state index >= 15 is 0 Å². The van der Waals surface area contributed by atoms with Crippen LogP contribution in [0, 0.1) is 46.3 Å². The number of alkyl halides is 3. The number of nitrogens with zero attached hydrogens (tertiary/aromatic N) is 3. The van der Waals surface area contributed by atoms with E-state index in [0.29, 0.717) is 36.5 Å². The fourth-order valence-electron chi connectivity index (χ4n) is 9.87. The van der Waals surface area contributed by atoms with Gasteiger partial charge < -0.3 is 9.47 Å². The average Bonchev–Trinajstić information content (AvgIpc) is 3.47. The molecular weight excluding hydrogens is 507 g/mol. The van der Waals surface area contributed by atoms with Crippen LogP contribution in [0.5, 0.6) is 5.75 Å². The van der Waals surface area contributed by atoms with Gasteiger partial charge in [0.25, 0.3) is 0 Å². The number of methoxy groups -OCH3 is 2. The molecule has 0 amide bonds. The first-order chi connectivity index (χ1) is 18.6. The molecule has 0 N–H and O–H groups in total. The zero-order valence-corrected chi connectivity index (χ0v) is 23.2. The van der Waals surface area contributed by atoms with Crippen LogP contribution in [0.25, 0.3) is 11.0 Å². The number of hydrogen-bond donors (Lipinski definition) is 0. The van der Waals surface area contributed by atoms with Crippen LogP contribution < -0.4 is 4.74 Å². The molecule has 1 aromatic heterocycles. The van der Waals surface area contributed by atoms with E-state index in [1.165, 1.54) is 0 Å². The number of fused-ring (bicyclic) bond motifs is 6. The second-order valence-electron chi connectivity index (χ2n) is 13.1.